The minimum absolute atomic E-state index is 0.0955. The van der Waals surface area contributed by atoms with E-state index >= 15 is 0 Å². The summed E-state index contributed by atoms with van der Waals surface area (Å²) in [5.41, 5.74) is 1.09. The van der Waals surface area contributed by atoms with E-state index in [0.717, 1.165) is 27.1 Å². The number of thioether (sulfide) groups is 1. The maximum Gasteiger partial charge on any atom is 0.293 e. The van der Waals surface area contributed by atoms with Crippen LogP contribution in [0, 0.1) is 10.1 Å². The van der Waals surface area contributed by atoms with Crippen molar-refractivity contribution < 1.29 is 14.5 Å². The van der Waals surface area contributed by atoms with E-state index in [4.69, 9.17) is 23.2 Å². The molecule has 3 aromatic carbocycles. The van der Waals surface area contributed by atoms with Gasteiger partial charge in [0, 0.05) is 21.0 Å². The van der Waals surface area contributed by atoms with Crippen LogP contribution < -0.4 is 0 Å². The fraction of sp³-hybridized carbons (Fsp3) is 0.0435. The van der Waals surface area contributed by atoms with Crippen molar-refractivity contribution in [1.82, 2.24) is 4.90 Å². The molecule has 0 saturated carbocycles. The topological polar surface area (TPSA) is 80.5 Å². The molecule has 0 unspecified atom stereocenters. The molecule has 2 amide bonds. The van der Waals surface area contributed by atoms with Crippen molar-refractivity contribution in [2.75, 3.05) is 0 Å². The molecule has 33 heavy (non-hydrogen) atoms. The number of halogens is 2. The predicted molar refractivity (Wildman–Crippen MR) is 132 cm³/mol. The van der Waals surface area contributed by atoms with Crippen molar-refractivity contribution >= 4 is 69.6 Å². The summed E-state index contributed by atoms with van der Waals surface area (Å²) in [6.45, 7) is 0.0966. The van der Waals surface area contributed by atoms with Gasteiger partial charge in [-0.25, -0.2) is 0 Å². The van der Waals surface area contributed by atoms with Gasteiger partial charge in [-0.15, -0.1) is 0 Å². The zero-order valence-corrected chi connectivity index (χ0v) is 19.9. The largest absolute Gasteiger partial charge is 0.293 e. The Balaban J connectivity index is 1.57. The lowest BCUT2D eigenvalue weighted by molar-refractivity contribution is -0.387. The van der Waals surface area contributed by atoms with Gasteiger partial charge in [-0.1, -0.05) is 53.2 Å². The molecule has 0 bridgehead atoms. The van der Waals surface area contributed by atoms with E-state index in [-0.39, 0.29) is 17.1 Å². The first-order valence-electron chi connectivity index (χ1n) is 9.52. The summed E-state index contributed by atoms with van der Waals surface area (Å²) in [5, 5.41) is 12.3. The first-order valence-corrected chi connectivity index (χ1v) is 11.9. The SMILES string of the molecule is O=C1S/C(=C\c2ccc(Sc3ccc(Cl)cc3)c([N+](=O)[O-])c2)C(=O)N1Cc1cccc(Cl)c1. The average molecular weight is 517 g/mol. The molecule has 1 fully saturated rings. The molecule has 1 aliphatic rings. The lowest BCUT2D eigenvalue weighted by atomic mass is 10.1. The highest BCUT2D eigenvalue weighted by atomic mass is 35.5. The van der Waals surface area contributed by atoms with Crippen molar-refractivity contribution in [3.63, 3.8) is 0 Å². The molecule has 1 saturated heterocycles. The minimum Gasteiger partial charge on any atom is -0.268 e. The van der Waals surface area contributed by atoms with Crippen LogP contribution in [0.25, 0.3) is 6.08 Å². The Kier molecular flexibility index (Phi) is 7.09. The second-order valence-electron chi connectivity index (χ2n) is 6.94. The Hall–Kier alpha value is -2.78. The summed E-state index contributed by atoms with van der Waals surface area (Å²) in [5.74, 6) is -0.452. The summed E-state index contributed by atoms with van der Waals surface area (Å²) in [4.78, 5) is 39.0. The molecule has 166 valence electrons. The van der Waals surface area contributed by atoms with Gasteiger partial charge in [0.15, 0.2) is 0 Å². The number of hydrogen-bond acceptors (Lipinski definition) is 6. The van der Waals surface area contributed by atoms with Gasteiger partial charge in [-0.3, -0.25) is 24.6 Å². The number of nitro groups is 1. The van der Waals surface area contributed by atoms with Crippen molar-refractivity contribution in [3.8, 4) is 0 Å². The highest BCUT2D eigenvalue weighted by Crippen LogP contribution is 2.38. The molecule has 6 nitrogen and oxygen atoms in total. The van der Waals surface area contributed by atoms with Crippen LogP contribution in [0.1, 0.15) is 11.1 Å². The number of imide groups is 1. The maximum absolute atomic E-state index is 12.8. The smallest absolute Gasteiger partial charge is 0.268 e. The molecule has 10 heteroatoms. The van der Waals surface area contributed by atoms with E-state index in [2.05, 4.69) is 0 Å². The quantitative estimate of drug-likeness (QED) is 0.194. The average Bonchev–Trinajstić information content (AvgIpc) is 3.03. The minimum atomic E-state index is -0.472. The Labute approximate surface area is 207 Å². The van der Waals surface area contributed by atoms with Gasteiger partial charge in [0.1, 0.15) is 0 Å². The maximum atomic E-state index is 12.8. The van der Waals surface area contributed by atoms with Crippen LogP contribution in [-0.2, 0) is 11.3 Å². The molecule has 0 radical (unpaired) electrons. The molecule has 4 rings (SSSR count). The van der Waals surface area contributed by atoms with Crippen molar-refractivity contribution in [2.24, 2.45) is 0 Å². The second kappa shape index (κ2) is 10.0. The summed E-state index contributed by atoms with van der Waals surface area (Å²) in [6, 6.07) is 18.6. The first-order chi connectivity index (χ1) is 15.8. The first kappa shape index (κ1) is 23.4. The van der Waals surface area contributed by atoms with Crippen LogP contribution in [0.15, 0.2) is 81.4 Å². The lowest BCUT2D eigenvalue weighted by Gasteiger charge is -2.12. The van der Waals surface area contributed by atoms with E-state index in [1.165, 1.54) is 23.9 Å². The summed E-state index contributed by atoms with van der Waals surface area (Å²) in [7, 11) is 0. The normalized spacial score (nSPS) is 14.8. The van der Waals surface area contributed by atoms with Crippen molar-refractivity contribution in [3.05, 3.63) is 103 Å². The van der Waals surface area contributed by atoms with Gasteiger partial charge in [0.05, 0.1) is 21.3 Å². The monoisotopic (exact) mass is 516 g/mol. The number of rotatable bonds is 6. The molecule has 0 aliphatic carbocycles. The molecule has 1 heterocycles. The molecular formula is C23H14Cl2N2O4S2. The van der Waals surface area contributed by atoms with Gasteiger partial charge >= 0.3 is 0 Å². The third-order valence-corrected chi connectivity index (χ3v) is 7.09. The number of nitro benzene ring substituents is 1. The van der Waals surface area contributed by atoms with Crippen LogP contribution in [-0.4, -0.2) is 21.0 Å². The van der Waals surface area contributed by atoms with E-state index in [9.17, 15) is 19.7 Å². The highest BCUT2D eigenvalue weighted by Gasteiger charge is 2.35. The Morgan fingerprint density at radius 2 is 1.76 bits per heavy atom. The van der Waals surface area contributed by atoms with Gasteiger partial charge in [-0.2, -0.15) is 0 Å². The van der Waals surface area contributed by atoms with Gasteiger partial charge in [-0.05, 0) is 71.4 Å². The lowest BCUT2D eigenvalue weighted by Crippen LogP contribution is -2.27. The van der Waals surface area contributed by atoms with Crippen LogP contribution in [0.3, 0.4) is 0 Å². The van der Waals surface area contributed by atoms with E-state index in [0.29, 0.717) is 20.5 Å². The Morgan fingerprint density at radius 3 is 2.45 bits per heavy atom. The molecule has 0 spiro atoms. The molecule has 1 aliphatic heterocycles. The Morgan fingerprint density at radius 1 is 1.00 bits per heavy atom. The predicted octanol–water partition coefficient (Wildman–Crippen LogP) is 7.29. The van der Waals surface area contributed by atoms with Gasteiger partial charge in [0.25, 0.3) is 16.8 Å². The number of benzene rings is 3. The second-order valence-corrected chi connectivity index (χ2v) is 9.92. The summed E-state index contributed by atoms with van der Waals surface area (Å²) >= 11 is 13.9. The number of carbonyl (C=O) groups is 2. The highest BCUT2D eigenvalue weighted by molar-refractivity contribution is 8.18. The number of amides is 2. The molecule has 0 N–H and O–H groups in total. The molecule has 0 atom stereocenters. The molecular weight excluding hydrogens is 503 g/mol. The van der Waals surface area contributed by atoms with E-state index in [1.807, 2.05) is 0 Å². The number of hydrogen-bond donors (Lipinski definition) is 0. The number of carbonyl (C=O) groups excluding carboxylic acids is 2. The fourth-order valence-electron chi connectivity index (χ4n) is 3.09. The van der Waals surface area contributed by atoms with Crippen LogP contribution in [0.5, 0.6) is 0 Å². The Bertz CT molecular complexity index is 1300. The van der Waals surface area contributed by atoms with Crippen LogP contribution in [0.2, 0.25) is 10.0 Å². The molecule has 3 aromatic rings. The van der Waals surface area contributed by atoms with E-state index in [1.54, 1.807) is 60.7 Å². The summed E-state index contributed by atoms with van der Waals surface area (Å²) < 4.78 is 0. The van der Waals surface area contributed by atoms with Crippen molar-refractivity contribution in [2.45, 2.75) is 16.3 Å². The third-order valence-electron chi connectivity index (χ3n) is 4.62. The van der Waals surface area contributed by atoms with Crippen molar-refractivity contribution in [1.29, 1.82) is 0 Å². The standard InChI is InChI=1S/C23H14Cl2N2O4S2/c24-16-5-7-18(8-6-16)32-20-9-4-14(11-19(20)27(30)31)12-21-22(28)26(23(29)33-21)13-15-2-1-3-17(25)10-15/h1-12H,13H2/b21-12-. The van der Waals surface area contributed by atoms with Gasteiger partial charge < -0.3 is 0 Å². The fourth-order valence-corrected chi connectivity index (χ4v) is 5.17. The summed E-state index contributed by atoms with van der Waals surface area (Å²) in [6.07, 6.45) is 1.49. The zero-order valence-electron chi connectivity index (χ0n) is 16.7. The third kappa shape index (κ3) is 5.59. The zero-order chi connectivity index (χ0) is 23.5. The molecule has 0 aromatic heterocycles. The van der Waals surface area contributed by atoms with Crippen LogP contribution >= 0.6 is 46.7 Å². The number of nitrogens with zero attached hydrogens (tertiary/aromatic N) is 2. The van der Waals surface area contributed by atoms with Gasteiger partial charge in [0.2, 0.25) is 0 Å². The van der Waals surface area contributed by atoms with Crippen LogP contribution in [0.4, 0.5) is 10.5 Å². The van der Waals surface area contributed by atoms with E-state index < -0.39 is 16.1 Å².